The van der Waals surface area contributed by atoms with Crippen molar-refractivity contribution in [3.63, 3.8) is 0 Å². The molecule has 0 aromatic carbocycles. The third kappa shape index (κ3) is 2.94. The van der Waals surface area contributed by atoms with Crippen molar-refractivity contribution in [1.82, 2.24) is 15.3 Å². The van der Waals surface area contributed by atoms with E-state index in [9.17, 15) is 0 Å². The molecule has 0 radical (unpaired) electrons. The summed E-state index contributed by atoms with van der Waals surface area (Å²) in [7, 11) is 3.63. The van der Waals surface area contributed by atoms with Crippen LogP contribution in [-0.4, -0.2) is 24.1 Å². The number of nitrogens with zero attached hydrogens (tertiary/aromatic N) is 2. The van der Waals surface area contributed by atoms with Crippen LogP contribution in [0.3, 0.4) is 0 Å². The molecule has 1 aliphatic carbocycles. The lowest BCUT2D eigenvalue weighted by molar-refractivity contribution is 0.359. The monoisotopic (exact) mass is 235 g/mol. The van der Waals surface area contributed by atoms with Gasteiger partial charge in [-0.05, 0) is 19.4 Å². The standard InChI is InChI=1S/C13H21N3O/c1-14-11(9-10-5-3-4-6-10)12-13(17-2)16-8-7-15-12/h7-8,10-11,14H,3-6,9H2,1-2H3. The molecular weight excluding hydrogens is 214 g/mol. The molecule has 0 amide bonds. The van der Waals surface area contributed by atoms with Gasteiger partial charge in [0.15, 0.2) is 0 Å². The molecule has 2 rings (SSSR count). The molecule has 1 fully saturated rings. The van der Waals surface area contributed by atoms with Crippen LogP contribution in [-0.2, 0) is 0 Å². The first-order valence-corrected chi connectivity index (χ1v) is 6.37. The fourth-order valence-corrected chi connectivity index (χ4v) is 2.68. The third-order valence-electron chi connectivity index (χ3n) is 3.61. The van der Waals surface area contributed by atoms with Crippen LogP contribution in [0.2, 0.25) is 0 Å². The SMILES string of the molecule is CNC(CC1CCCC1)c1nccnc1OC. The Balaban J connectivity index is 2.10. The molecule has 1 heterocycles. The highest BCUT2D eigenvalue weighted by Crippen LogP contribution is 2.34. The third-order valence-corrected chi connectivity index (χ3v) is 3.61. The van der Waals surface area contributed by atoms with Gasteiger partial charge in [0.1, 0.15) is 5.69 Å². The zero-order valence-corrected chi connectivity index (χ0v) is 10.6. The van der Waals surface area contributed by atoms with Crippen LogP contribution in [0.4, 0.5) is 0 Å². The van der Waals surface area contributed by atoms with Gasteiger partial charge in [0.05, 0.1) is 13.2 Å². The largest absolute Gasteiger partial charge is 0.480 e. The molecule has 1 aromatic rings. The van der Waals surface area contributed by atoms with Gasteiger partial charge in [-0.1, -0.05) is 25.7 Å². The number of hydrogen-bond donors (Lipinski definition) is 1. The molecule has 17 heavy (non-hydrogen) atoms. The minimum Gasteiger partial charge on any atom is -0.480 e. The van der Waals surface area contributed by atoms with E-state index in [4.69, 9.17) is 4.74 Å². The van der Waals surface area contributed by atoms with Gasteiger partial charge in [0.25, 0.3) is 0 Å². The predicted molar refractivity (Wildman–Crippen MR) is 67.0 cm³/mol. The molecular formula is C13H21N3O. The Bertz CT molecular complexity index is 350. The highest BCUT2D eigenvalue weighted by molar-refractivity contribution is 5.21. The maximum Gasteiger partial charge on any atom is 0.236 e. The lowest BCUT2D eigenvalue weighted by atomic mass is 9.96. The Morgan fingerprint density at radius 2 is 2.06 bits per heavy atom. The summed E-state index contributed by atoms with van der Waals surface area (Å²) in [5, 5.41) is 3.34. The minimum atomic E-state index is 0.252. The van der Waals surface area contributed by atoms with Crippen LogP contribution in [0.5, 0.6) is 5.88 Å². The van der Waals surface area contributed by atoms with E-state index in [1.54, 1.807) is 19.5 Å². The number of ether oxygens (including phenoxy) is 1. The van der Waals surface area contributed by atoms with E-state index in [0.717, 1.165) is 18.0 Å². The van der Waals surface area contributed by atoms with Gasteiger partial charge in [-0.2, -0.15) is 0 Å². The topological polar surface area (TPSA) is 47.0 Å². The summed E-state index contributed by atoms with van der Waals surface area (Å²) in [4.78, 5) is 8.63. The van der Waals surface area contributed by atoms with Crippen LogP contribution < -0.4 is 10.1 Å². The summed E-state index contributed by atoms with van der Waals surface area (Å²) in [5.41, 5.74) is 0.935. The van der Waals surface area contributed by atoms with Gasteiger partial charge in [0, 0.05) is 12.4 Å². The molecule has 0 aliphatic heterocycles. The Morgan fingerprint density at radius 1 is 1.35 bits per heavy atom. The van der Waals surface area contributed by atoms with Crippen LogP contribution >= 0.6 is 0 Å². The zero-order chi connectivity index (χ0) is 12.1. The number of aromatic nitrogens is 2. The Labute approximate surface area is 103 Å². The molecule has 0 bridgehead atoms. The van der Waals surface area contributed by atoms with Crippen LogP contribution in [0.1, 0.15) is 43.8 Å². The highest BCUT2D eigenvalue weighted by atomic mass is 16.5. The number of rotatable bonds is 5. The average molecular weight is 235 g/mol. The van der Waals surface area contributed by atoms with Crippen molar-refractivity contribution in [2.45, 2.75) is 38.1 Å². The van der Waals surface area contributed by atoms with Crippen LogP contribution in [0.15, 0.2) is 12.4 Å². The van der Waals surface area contributed by atoms with Gasteiger partial charge in [-0.3, -0.25) is 4.98 Å². The predicted octanol–water partition coefficient (Wildman–Crippen LogP) is 2.33. The van der Waals surface area contributed by atoms with E-state index in [0.29, 0.717) is 5.88 Å². The van der Waals surface area contributed by atoms with Crippen LogP contribution in [0.25, 0.3) is 0 Å². The lowest BCUT2D eigenvalue weighted by Crippen LogP contribution is -2.21. The fraction of sp³-hybridized carbons (Fsp3) is 0.692. The van der Waals surface area contributed by atoms with E-state index in [-0.39, 0.29) is 6.04 Å². The van der Waals surface area contributed by atoms with Crippen molar-refractivity contribution in [2.75, 3.05) is 14.2 Å². The summed E-state index contributed by atoms with van der Waals surface area (Å²) in [6.07, 6.45) is 9.98. The van der Waals surface area contributed by atoms with E-state index < -0.39 is 0 Å². The Kier molecular flexibility index (Phi) is 4.31. The molecule has 4 heteroatoms. The molecule has 1 unspecified atom stereocenters. The molecule has 1 aliphatic rings. The maximum absolute atomic E-state index is 5.28. The summed E-state index contributed by atoms with van der Waals surface area (Å²) in [6, 6.07) is 0.252. The second-order valence-electron chi connectivity index (χ2n) is 4.68. The molecule has 4 nitrogen and oxygen atoms in total. The van der Waals surface area contributed by atoms with Crippen LogP contribution in [0, 0.1) is 5.92 Å². The lowest BCUT2D eigenvalue weighted by Gasteiger charge is -2.20. The molecule has 0 spiro atoms. The molecule has 1 N–H and O–H groups in total. The summed E-state index contributed by atoms with van der Waals surface area (Å²) in [5.74, 6) is 1.46. The van der Waals surface area contributed by atoms with E-state index in [2.05, 4.69) is 15.3 Å². The quantitative estimate of drug-likeness (QED) is 0.851. The molecule has 0 saturated heterocycles. The Morgan fingerprint density at radius 3 is 2.71 bits per heavy atom. The van der Waals surface area contributed by atoms with Crippen molar-refractivity contribution in [1.29, 1.82) is 0 Å². The number of hydrogen-bond acceptors (Lipinski definition) is 4. The normalized spacial score (nSPS) is 18.2. The summed E-state index contributed by atoms with van der Waals surface area (Å²) < 4.78 is 5.28. The smallest absolute Gasteiger partial charge is 0.236 e. The molecule has 1 aromatic heterocycles. The zero-order valence-electron chi connectivity index (χ0n) is 10.6. The minimum absolute atomic E-state index is 0.252. The number of methoxy groups -OCH3 is 1. The summed E-state index contributed by atoms with van der Waals surface area (Å²) >= 11 is 0. The maximum atomic E-state index is 5.28. The van der Waals surface area contributed by atoms with Gasteiger partial charge >= 0.3 is 0 Å². The van der Waals surface area contributed by atoms with E-state index in [1.165, 1.54) is 25.7 Å². The first-order valence-electron chi connectivity index (χ1n) is 6.37. The van der Waals surface area contributed by atoms with Crippen molar-refractivity contribution in [2.24, 2.45) is 5.92 Å². The Hall–Kier alpha value is -1.16. The van der Waals surface area contributed by atoms with Crippen molar-refractivity contribution >= 4 is 0 Å². The van der Waals surface area contributed by atoms with Gasteiger partial charge in [-0.25, -0.2) is 4.98 Å². The second kappa shape index (κ2) is 5.96. The highest BCUT2D eigenvalue weighted by Gasteiger charge is 2.23. The van der Waals surface area contributed by atoms with Gasteiger partial charge in [0.2, 0.25) is 5.88 Å². The summed E-state index contributed by atoms with van der Waals surface area (Å²) in [6.45, 7) is 0. The second-order valence-corrected chi connectivity index (χ2v) is 4.68. The molecule has 1 saturated carbocycles. The number of nitrogens with one attached hydrogen (secondary N) is 1. The molecule has 94 valence electrons. The average Bonchev–Trinajstić information content (AvgIpc) is 2.89. The van der Waals surface area contributed by atoms with Gasteiger partial charge in [-0.15, -0.1) is 0 Å². The van der Waals surface area contributed by atoms with E-state index >= 15 is 0 Å². The first-order chi connectivity index (χ1) is 8.35. The van der Waals surface area contributed by atoms with Gasteiger partial charge < -0.3 is 10.1 Å². The van der Waals surface area contributed by atoms with Crippen molar-refractivity contribution in [3.05, 3.63) is 18.1 Å². The fourth-order valence-electron chi connectivity index (χ4n) is 2.68. The first kappa shape index (κ1) is 12.3. The van der Waals surface area contributed by atoms with E-state index in [1.807, 2.05) is 7.05 Å². The molecule has 1 atom stereocenters. The van der Waals surface area contributed by atoms with Crippen molar-refractivity contribution in [3.8, 4) is 5.88 Å². The van der Waals surface area contributed by atoms with Crippen molar-refractivity contribution < 1.29 is 4.74 Å².